The van der Waals surface area contributed by atoms with Gasteiger partial charge in [0.2, 0.25) is 0 Å². The molecule has 3 rings (SSSR count). The average molecular weight is 249 g/mol. The van der Waals surface area contributed by atoms with Crippen LogP contribution in [-0.4, -0.2) is 9.78 Å². The standard InChI is InChI=1S/C16H15N3/c1-12-7-8-15(17)14(11-12)16-9-10-18-19(16)13-5-3-2-4-6-13/h2-11H,17H2,1H3. The van der Waals surface area contributed by atoms with Gasteiger partial charge in [-0.05, 0) is 37.3 Å². The van der Waals surface area contributed by atoms with E-state index in [2.05, 4.69) is 18.1 Å². The van der Waals surface area contributed by atoms with E-state index < -0.39 is 0 Å². The monoisotopic (exact) mass is 249 g/mol. The fraction of sp³-hybridized carbons (Fsp3) is 0.0625. The van der Waals surface area contributed by atoms with Gasteiger partial charge >= 0.3 is 0 Å². The van der Waals surface area contributed by atoms with Crippen LogP contribution in [0, 0.1) is 6.92 Å². The lowest BCUT2D eigenvalue weighted by atomic mass is 10.1. The number of nitrogens with zero attached hydrogens (tertiary/aromatic N) is 2. The molecule has 3 nitrogen and oxygen atoms in total. The summed E-state index contributed by atoms with van der Waals surface area (Å²) in [6.45, 7) is 2.06. The minimum Gasteiger partial charge on any atom is -0.398 e. The van der Waals surface area contributed by atoms with Crippen LogP contribution in [0.2, 0.25) is 0 Å². The van der Waals surface area contributed by atoms with Crippen molar-refractivity contribution in [3.8, 4) is 16.9 Å². The molecule has 0 saturated carbocycles. The maximum atomic E-state index is 6.09. The van der Waals surface area contributed by atoms with E-state index >= 15 is 0 Å². The molecule has 0 spiro atoms. The van der Waals surface area contributed by atoms with Gasteiger partial charge in [-0.2, -0.15) is 5.10 Å². The molecule has 0 unspecified atom stereocenters. The Hall–Kier alpha value is -2.55. The first kappa shape index (κ1) is 11.5. The second kappa shape index (κ2) is 4.61. The third-order valence-corrected chi connectivity index (χ3v) is 3.13. The molecule has 2 N–H and O–H groups in total. The van der Waals surface area contributed by atoms with Crippen molar-refractivity contribution in [3.05, 3.63) is 66.4 Å². The largest absolute Gasteiger partial charge is 0.398 e. The van der Waals surface area contributed by atoms with E-state index in [0.717, 1.165) is 22.6 Å². The van der Waals surface area contributed by atoms with Crippen molar-refractivity contribution in [2.75, 3.05) is 5.73 Å². The second-order valence-corrected chi connectivity index (χ2v) is 4.55. The Morgan fingerprint density at radius 2 is 1.79 bits per heavy atom. The van der Waals surface area contributed by atoms with Crippen LogP contribution in [0.1, 0.15) is 5.56 Å². The van der Waals surface area contributed by atoms with E-state index in [9.17, 15) is 0 Å². The van der Waals surface area contributed by atoms with Gasteiger partial charge in [-0.15, -0.1) is 0 Å². The van der Waals surface area contributed by atoms with Crippen molar-refractivity contribution in [2.24, 2.45) is 0 Å². The molecule has 0 aliphatic carbocycles. The minimum atomic E-state index is 0.767. The summed E-state index contributed by atoms with van der Waals surface area (Å²) < 4.78 is 1.91. The molecule has 0 aliphatic heterocycles. The quantitative estimate of drug-likeness (QED) is 0.707. The number of aryl methyl sites for hydroxylation is 1. The Morgan fingerprint density at radius 1 is 1.00 bits per heavy atom. The molecule has 0 bridgehead atoms. The first-order valence-corrected chi connectivity index (χ1v) is 6.21. The number of benzene rings is 2. The number of aromatic nitrogens is 2. The van der Waals surface area contributed by atoms with E-state index in [4.69, 9.17) is 5.73 Å². The molecular weight excluding hydrogens is 234 g/mol. The molecule has 3 heteroatoms. The Balaban J connectivity index is 2.18. The third kappa shape index (κ3) is 2.10. The van der Waals surface area contributed by atoms with E-state index in [1.165, 1.54) is 5.56 Å². The third-order valence-electron chi connectivity index (χ3n) is 3.13. The Bertz CT molecular complexity index is 699. The molecule has 0 atom stereocenters. The minimum absolute atomic E-state index is 0.767. The lowest BCUT2D eigenvalue weighted by molar-refractivity contribution is 0.888. The van der Waals surface area contributed by atoms with Crippen molar-refractivity contribution < 1.29 is 0 Å². The molecule has 0 fully saturated rings. The highest BCUT2D eigenvalue weighted by molar-refractivity contribution is 5.75. The summed E-state index contributed by atoms with van der Waals surface area (Å²) in [6.07, 6.45) is 1.80. The fourth-order valence-corrected chi connectivity index (χ4v) is 2.17. The van der Waals surface area contributed by atoms with Gasteiger partial charge in [0.1, 0.15) is 0 Å². The molecule has 3 aromatic rings. The summed E-state index contributed by atoms with van der Waals surface area (Å²) in [7, 11) is 0. The number of hydrogen-bond acceptors (Lipinski definition) is 2. The fourth-order valence-electron chi connectivity index (χ4n) is 2.17. The zero-order chi connectivity index (χ0) is 13.2. The molecule has 0 saturated heterocycles. The average Bonchev–Trinajstić information content (AvgIpc) is 2.91. The number of anilines is 1. The molecule has 1 aromatic heterocycles. The van der Waals surface area contributed by atoms with Crippen molar-refractivity contribution >= 4 is 5.69 Å². The van der Waals surface area contributed by atoms with E-state index in [-0.39, 0.29) is 0 Å². The zero-order valence-corrected chi connectivity index (χ0v) is 10.7. The van der Waals surface area contributed by atoms with Crippen LogP contribution >= 0.6 is 0 Å². The summed E-state index contributed by atoms with van der Waals surface area (Å²) in [5, 5.41) is 4.39. The van der Waals surface area contributed by atoms with Crippen LogP contribution < -0.4 is 5.73 Å². The van der Waals surface area contributed by atoms with Gasteiger partial charge in [0, 0.05) is 11.3 Å². The molecule has 19 heavy (non-hydrogen) atoms. The number of para-hydroxylation sites is 1. The summed E-state index contributed by atoms with van der Waals surface area (Å²) in [4.78, 5) is 0. The number of rotatable bonds is 2. The Labute approximate surface area is 112 Å². The summed E-state index contributed by atoms with van der Waals surface area (Å²) in [5.41, 5.74) is 11.1. The van der Waals surface area contributed by atoms with Gasteiger partial charge in [0.05, 0.1) is 17.6 Å². The van der Waals surface area contributed by atoms with Gasteiger partial charge in [-0.1, -0.05) is 29.8 Å². The van der Waals surface area contributed by atoms with E-state index in [1.807, 2.05) is 53.2 Å². The van der Waals surface area contributed by atoms with Gasteiger partial charge in [0.25, 0.3) is 0 Å². The van der Waals surface area contributed by atoms with Crippen LogP contribution in [0.5, 0.6) is 0 Å². The lowest BCUT2D eigenvalue weighted by Crippen LogP contribution is -2.00. The van der Waals surface area contributed by atoms with Crippen LogP contribution in [0.25, 0.3) is 16.9 Å². The number of nitrogens with two attached hydrogens (primary N) is 1. The molecule has 0 aliphatic rings. The maximum absolute atomic E-state index is 6.09. The van der Waals surface area contributed by atoms with Crippen molar-refractivity contribution in [2.45, 2.75) is 6.92 Å². The van der Waals surface area contributed by atoms with Crippen LogP contribution in [0.3, 0.4) is 0 Å². The first-order valence-electron chi connectivity index (χ1n) is 6.21. The van der Waals surface area contributed by atoms with Gasteiger partial charge < -0.3 is 5.73 Å². The molecule has 1 heterocycles. The van der Waals surface area contributed by atoms with Crippen molar-refractivity contribution in [3.63, 3.8) is 0 Å². The highest BCUT2D eigenvalue weighted by atomic mass is 15.3. The number of hydrogen-bond donors (Lipinski definition) is 1. The summed E-state index contributed by atoms with van der Waals surface area (Å²) in [5.74, 6) is 0. The first-order chi connectivity index (χ1) is 9.25. The molecule has 0 amide bonds. The maximum Gasteiger partial charge on any atom is 0.0761 e. The molecule has 94 valence electrons. The summed E-state index contributed by atoms with van der Waals surface area (Å²) in [6, 6.07) is 18.1. The highest BCUT2D eigenvalue weighted by Crippen LogP contribution is 2.28. The normalized spacial score (nSPS) is 10.6. The lowest BCUT2D eigenvalue weighted by Gasteiger charge is -2.10. The van der Waals surface area contributed by atoms with E-state index in [1.54, 1.807) is 6.20 Å². The zero-order valence-electron chi connectivity index (χ0n) is 10.7. The topological polar surface area (TPSA) is 43.8 Å². The molecular formula is C16H15N3. The van der Waals surface area contributed by atoms with E-state index in [0.29, 0.717) is 0 Å². The summed E-state index contributed by atoms with van der Waals surface area (Å²) >= 11 is 0. The van der Waals surface area contributed by atoms with Gasteiger partial charge in [0.15, 0.2) is 0 Å². The smallest absolute Gasteiger partial charge is 0.0761 e. The van der Waals surface area contributed by atoms with Gasteiger partial charge in [-0.25, -0.2) is 4.68 Å². The van der Waals surface area contributed by atoms with Crippen molar-refractivity contribution in [1.29, 1.82) is 0 Å². The Morgan fingerprint density at radius 3 is 2.58 bits per heavy atom. The van der Waals surface area contributed by atoms with Crippen LogP contribution in [0.15, 0.2) is 60.8 Å². The van der Waals surface area contributed by atoms with Gasteiger partial charge in [-0.3, -0.25) is 0 Å². The highest BCUT2D eigenvalue weighted by Gasteiger charge is 2.10. The molecule has 2 aromatic carbocycles. The predicted octanol–water partition coefficient (Wildman–Crippen LogP) is 3.43. The number of nitrogen functional groups attached to an aromatic ring is 1. The SMILES string of the molecule is Cc1ccc(N)c(-c2ccnn2-c2ccccc2)c1. The van der Waals surface area contributed by atoms with Crippen molar-refractivity contribution in [1.82, 2.24) is 9.78 Å². The van der Waals surface area contributed by atoms with Crippen LogP contribution in [-0.2, 0) is 0 Å². The van der Waals surface area contributed by atoms with Crippen LogP contribution in [0.4, 0.5) is 5.69 Å². The predicted molar refractivity (Wildman–Crippen MR) is 78.1 cm³/mol. The Kier molecular flexibility index (Phi) is 2.80. The molecule has 0 radical (unpaired) electrons. The second-order valence-electron chi connectivity index (χ2n) is 4.55.